The van der Waals surface area contributed by atoms with Crippen LogP contribution in [0.25, 0.3) is 0 Å². The number of carbonyl (C=O) groups is 2. The zero-order chi connectivity index (χ0) is 17.8. The van der Waals surface area contributed by atoms with E-state index in [0.29, 0.717) is 16.9 Å². The molecule has 1 N–H and O–H groups in total. The second-order valence-corrected chi connectivity index (χ2v) is 5.57. The van der Waals surface area contributed by atoms with E-state index in [1.807, 2.05) is 30.3 Å². The van der Waals surface area contributed by atoms with Gasteiger partial charge in [-0.2, -0.15) is 0 Å². The molecule has 3 rings (SSSR count). The van der Waals surface area contributed by atoms with Crippen LogP contribution in [0, 0.1) is 6.92 Å². The minimum absolute atomic E-state index is 0.121. The predicted molar refractivity (Wildman–Crippen MR) is 94.8 cm³/mol. The third-order valence-corrected chi connectivity index (χ3v) is 3.67. The maximum absolute atomic E-state index is 12.6. The van der Waals surface area contributed by atoms with E-state index in [1.165, 1.54) is 0 Å². The van der Waals surface area contributed by atoms with Crippen LogP contribution in [0.5, 0.6) is 0 Å². The van der Waals surface area contributed by atoms with Crippen molar-refractivity contribution in [2.75, 3.05) is 17.3 Å². The molecular weight excluding hydrogens is 318 g/mol. The van der Waals surface area contributed by atoms with Crippen molar-refractivity contribution in [1.82, 2.24) is 5.16 Å². The summed E-state index contributed by atoms with van der Waals surface area (Å²) in [5.74, 6) is -0.463. The van der Waals surface area contributed by atoms with E-state index in [0.717, 1.165) is 5.69 Å². The van der Waals surface area contributed by atoms with Crippen LogP contribution in [0.2, 0.25) is 0 Å². The Balaban J connectivity index is 1.77. The van der Waals surface area contributed by atoms with Crippen molar-refractivity contribution < 1.29 is 14.1 Å². The second-order valence-electron chi connectivity index (χ2n) is 5.57. The third kappa shape index (κ3) is 3.74. The minimum atomic E-state index is -0.415. The smallest absolute Gasteiger partial charge is 0.294 e. The van der Waals surface area contributed by atoms with Gasteiger partial charge in [-0.15, -0.1) is 0 Å². The van der Waals surface area contributed by atoms with Crippen molar-refractivity contribution in [3.63, 3.8) is 0 Å². The van der Waals surface area contributed by atoms with Gasteiger partial charge in [0.25, 0.3) is 11.8 Å². The molecule has 25 heavy (non-hydrogen) atoms. The van der Waals surface area contributed by atoms with E-state index in [2.05, 4.69) is 10.5 Å². The van der Waals surface area contributed by atoms with Gasteiger partial charge in [0, 0.05) is 30.1 Å². The Labute approximate surface area is 145 Å². The summed E-state index contributed by atoms with van der Waals surface area (Å²) in [7, 11) is 1.71. The Morgan fingerprint density at radius 3 is 2.48 bits per heavy atom. The number of aryl methyl sites for hydroxylation is 1. The SMILES string of the molecule is Cc1cc(C(=O)Nc2cccc(C(=O)N(C)c3ccccc3)c2)on1. The summed E-state index contributed by atoms with van der Waals surface area (Å²) < 4.78 is 4.93. The molecule has 1 heterocycles. The average molecular weight is 335 g/mol. The van der Waals surface area contributed by atoms with E-state index in [4.69, 9.17) is 4.52 Å². The first-order chi connectivity index (χ1) is 12.0. The molecule has 0 unspecified atom stereocenters. The van der Waals surface area contributed by atoms with Crippen molar-refractivity contribution >= 4 is 23.2 Å². The zero-order valence-corrected chi connectivity index (χ0v) is 13.9. The van der Waals surface area contributed by atoms with Crippen molar-refractivity contribution in [2.45, 2.75) is 6.92 Å². The predicted octanol–water partition coefficient (Wildman–Crippen LogP) is 3.51. The van der Waals surface area contributed by atoms with Gasteiger partial charge < -0.3 is 14.7 Å². The molecular formula is C19H17N3O3. The lowest BCUT2D eigenvalue weighted by atomic mass is 10.1. The van der Waals surface area contributed by atoms with E-state index in [-0.39, 0.29) is 11.7 Å². The first-order valence-electron chi connectivity index (χ1n) is 7.72. The third-order valence-electron chi connectivity index (χ3n) is 3.67. The van der Waals surface area contributed by atoms with Crippen LogP contribution in [-0.2, 0) is 0 Å². The van der Waals surface area contributed by atoms with Gasteiger partial charge in [-0.3, -0.25) is 9.59 Å². The highest BCUT2D eigenvalue weighted by Crippen LogP contribution is 2.18. The molecule has 2 amide bonds. The van der Waals surface area contributed by atoms with Crippen LogP contribution < -0.4 is 10.2 Å². The van der Waals surface area contributed by atoms with Gasteiger partial charge in [-0.25, -0.2) is 0 Å². The van der Waals surface area contributed by atoms with Crippen LogP contribution in [0.4, 0.5) is 11.4 Å². The number of para-hydroxylation sites is 1. The Bertz CT molecular complexity index is 903. The summed E-state index contributed by atoms with van der Waals surface area (Å²) in [6.07, 6.45) is 0. The lowest BCUT2D eigenvalue weighted by Gasteiger charge is -2.17. The first kappa shape index (κ1) is 16.4. The molecule has 2 aromatic carbocycles. The quantitative estimate of drug-likeness (QED) is 0.791. The molecule has 0 aliphatic rings. The minimum Gasteiger partial charge on any atom is -0.351 e. The molecule has 0 atom stereocenters. The Hall–Kier alpha value is -3.41. The highest BCUT2D eigenvalue weighted by molar-refractivity contribution is 6.07. The summed E-state index contributed by atoms with van der Waals surface area (Å²) >= 11 is 0. The van der Waals surface area contributed by atoms with Gasteiger partial charge in [0.1, 0.15) is 0 Å². The van der Waals surface area contributed by atoms with Gasteiger partial charge in [0.05, 0.1) is 5.69 Å². The zero-order valence-electron chi connectivity index (χ0n) is 13.9. The van der Waals surface area contributed by atoms with Crippen LogP contribution >= 0.6 is 0 Å². The number of benzene rings is 2. The number of hydrogen-bond acceptors (Lipinski definition) is 4. The van der Waals surface area contributed by atoms with Crippen molar-refractivity contribution in [3.05, 3.63) is 77.7 Å². The fraction of sp³-hybridized carbons (Fsp3) is 0.105. The lowest BCUT2D eigenvalue weighted by molar-refractivity contribution is 0.0980. The molecule has 0 saturated heterocycles. The number of rotatable bonds is 4. The number of amides is 2. The van der Waals surface area contributed by atoms with Gasteiger partial charge in [-0.1, -0.05) is 29.4 Å². The number of hydrogen-bond donors (Lipinski definition) is 1. The van der Waals surface area contributed by atoms with Crippen molar-refractivity contribution in [1.29, 1.82) is 0 Å². The van der Waals surface area contributed by atoms with Crippen LogP contribution in [0.1, 0.15) is 26.6 Å². The molecule has 126 valence electrons. The Morgan fingerprint density at radius 2 is 1.80 bits per heavy atom. The molecule has 0 aliphatic carbocycles. The van der Waals surface area contributed by atoms with Gasteiger partial charge in [0.15, 0.2) is 0 Å². The van der Waals surface area contributed by atoms with Gasteiger partial charge in [-0.05, 0) is 37.3 Å². The normalized spacial score (nSPS) is 10.3. The molecule has 0 aliphatic heterocycles. The summed E-state index contributed by atoms with van der Waals surface area (Å²) in [6.45, 7) is 1.74. The number of nitrogens with one attached hydrogen (secondary N) is 1. The number of carbonyl (C=O) groups excluding carboxylic acids is 2. The topological polar surface area (TPSA) is 75.4 Å². The molecule has 3 aromatic rings. The summed E-state index contributed by atoms with van der Waals surface area (Å²) in [5.41, 5.74) is 2.39. The van der Waals surface area contributed by atoms with Crippen LogP contribution in [0.15, 0.2) is 65.2 Å². The average Bonchev–Trinajstić information content (AvgIpc) is 3.08. The molecule has 0 bridgehead atoms. The first-order valence-corrected chi connectivity index (χ1v) is 7.72. The standard InChI is InChI=1S/C19H17N3O3/c1-13-11-17(25-21-13)18(23)20-15-8-6-7-14(12-15)19(24)22(2)16-9-4-3-5-10-16/h3-12H,1-2H3,(H,20,23). The fourth-order valence-electron chi connectivity index (χ4n) is 2.36. The summed E-state index contributed by atoms with van der Waals surface area (Å²) in [6, 6.07) is 17.7. The van der Waals surface area contributed by atoms with E-state index < -0.39 is 5.91 Å². The molecule has 0 saturated carbocycles. The molecule has 6 nitrogen and oxygen atoms in total. The number of nitrogens with zero attached hydrogens (tertiary/aromatic N) is 2. The maximum atomic E-state index is 12.6. The number of aromatic nitrogens is 1. The largest absolute Gasteiger partial charge is 0.351 e. The Morgan fingerprint density at radius 1 is 1.04 bits per heavy atom. The maximum Gasteiger partial charge on any atom is 0.294 e. The van der Waals surface area contributed by atoms with Gasteiger partial charge >= 0.3 is 0 Å². The molecule has 0 radical (unpaired) electrons. The summed E-state index contributed by atoms with van der Waals surface area (Å²) in [4.78, 5) is 26.3. The highest BCUT2D eigenvalue weighted by atomic mass is 16.5. The fourth-order valence-corrected chi connectivity index (χ4v) is 2.36. The van der Waals surface area contributed by atoms with Crippen LogP contribution in [-0.4, -0.2) is 24.0 Å². The highest BCUT2D eigenvalue weighted by Gasteiger charge is 2.15. The lowest BCUT2D eigenvalue weighted by Crippen LogP contribution is -2.26. The molecule has 0 spiro atoms. The van der Waals surface area contributed by atoms with E-state index in [9.17, 15) is 9.59 Å². The summed E-state index contributed by atoms with van der Waals surface area (Å²) in [5, 5.41) is 6.39. The second kappa shape index (κ2) is 7.00. The van der Waals surface area contributed by atoms with Crippen LogP contribution in [0.3, 0.4) is 0 Å². The Kier molecular flexibility index (Phi) is 4.61. The van der Waals surface area contributed by atoms with Crippen molar-refractivity contribution in [2.24, 2.45) is 0 Å². The van der Waals surface area contributed by atoms with E-state index >= 15 is 0 Å². The van der Waals surface area contributed by atoms with E-state index in [1.54, 1.807) is 49.2 Å². The monoisotopic (exact) mass is 335 g/mol. The molecule has 6 heteroatoms. The number of anilines is 2. The van der Waals surface area contributed by atoms with Gasteiger partial charge in [0.2, 0.25) is 5.76 Å². The van der Waals surface area contributed by atoms with Crippen molar-refractivity contribution in [3.8, 4) is 0 Å². The molecule has 1 aromatic heterocycles. The molecule has 0 fully saturated rings.